The molecule has 0 heterocycles. The third kappa shape index (κ3) is 4.43. The van der Waals surface area contributed by atoms with Crippen molar-refractivity contribution in [2.45, 2.75) is 18.6 Å². The first-order valence-electron chi connectivity index (χ1n) is 5.41. The van der Waals surface area contributed by atoms with E-state index in [-0.39, 0.29) is 5.75 Å². The molecule has 0 saturated heterocycles. The van der Waals surface area contributed by atoms with Crippen LogP contribution in [-0.2, 0) is 20.4 Å². The molecule has 19 heavy (non-hydrogen) atoms. The van der Waals surface area contributed by atoms with E-state index in [9.17, 15) is 13.8 Å². The zero-order valence-corrected chi connectivity index (χ0v) is 12.9. The molecule has 7 heteroatoms. The van der Waals surface area contributed by atoms with Crippen molar-refractivity contribution < 1.29 is 18.9 Å². The fourth-order valence-corrected chi connectivity index (χ4v) is 2.26. The molecule has 1 aromatic carbocycles. The molecule has 104 valence electrons. The highest BCUT2D eigenvalue weighted by Crippen LogP contribution is 2.16. The minimum Gasteiger partial charge on any atom is -0.480 e. The molecular weight excluding hydrogens is 334 g/mol. The minimum atomic E-state index is -1.79. The van der Waals surface area contributed by atoms with E-state index >= 15 is 0 Å². The topological polar surface area (TPSA) is 83.5 Å². The summed E-state index contributed by atoms with van der Waals surface area (Å²) in [7, 11) is -1.79. The van der Waals surface area contributed by atoms with E-state index in [0.29, 0.717) is 5.69 Å². The predicted octanol–water partition coefficient (Wildman–Crippen LogP) is 2.00. The van der Waals surface area contributed by atoms with Crippen LogP contribution in [0, 0.1) is 0 Å². The Morgan fingerprint density at radius 2 is 1.84 bits per heavy atom. The van der Waals surface area contributed by atoms with Gasteiger partial charge in [0.05, 0.1) is 0 Å². The second kappa shape index (κ2) is 6.29. The van der Waals surface area contributed by atoms with Crippen molar-refractivity contribution in [3.63, 3.8) is 0 Å². The number of amides is 1. The van der Waals surface area contributed by atoms with Gasteiger partial charge in [-0.2, -0.15) is 0 Å². The van der Waals surface area contributed by atoms with Crippen LogP contribution >= 0.6 is 15.9 Å². The summed E-state index contributed by atoms with van der Waals surface area (Å²) in [6.45, 7) is 2.66. The van der Waals surface area contributed by atoms with Crippen LogP contribution < -0.4 is 5.32 Å². The SMILES string of the molecule is CC(C)(C(=O)O)S(=O)CC(=O)Nc1ccc(Br)cc1. The highest BCUT2D eigenvalue weighted by atomic mass is 79.9. The lowest BCUT2D eigenvalue weighted by atomic mass is 10.2. The van der Waals surface area contributed by atoms with Crippen LogP contribution in [0.5, 0.6) is 0 Å². The van der Waals surface area contributed by atoms with Gasteiger partial charge in [-0.1, -0.05) is 15.9 Å². The molecular formula is C12H14BrNO4S. The van der Waals surface area contributed by atoms with Crippen LogP contribution in [0.15, 0.2) is 28.7 Å². The van der Waals surface area contributed by atoms with Gasteiger partial charge in [-0.05, 0) is 38.1 Å². The summed E-state index contributed by atoms with van der Waals surface area (Å²) < 4.78 is 11.3. The number of carboxylic acid groups (broad SMARTS) is 1. The van der Waals surface area contributed by atoms with Crippen molar-refractivity contribution in [3.05, 3.63) is 28.7 Å². The molecule has 0 aliphatic rings. The number of rotatable bonds is 5. The number of hydrogen-bond acceptors (Lipinski definition) is 3. The molecule has 0 bridgehead atoms. The van der Waals surface area contributed by atoms with Gasteiger partial charge in [0.1, 0.15) is 10.5 Å². The lowest BCUT2D eigenvalue weighted by Crippen LogP contribution is -2.40. The summed E-state index contributed by atoms with van der Waals surface area (Å²) in [5.41, 5.74) is 0.568. The van der Waals surface area contributed by atoms with E-state index in [1.165, 1.54) is 13.8 Å². The van der Waals surface area contributed by atoms with E-state index in [1.54, 1.807) is 24.3 Å². The zero-order chi connectivity index (χ0) is 14.6. The highest BCUT2D eigenvalue weighted by Gasteiger charge is 2.35. The number of carbonyl (C=O) groups is 2. The van der Waals surface area contributed by atoms with Crippen molar-refractivity contribution in [2.75, 3.05) is 11.1 Å². The Bertz CT molecular complexity index is 513. The van der Waals surface area contributed by atoms with Gasteiger partial charge in [0.25, 0.3) is 0 Å². The maximum absolute atomic E-state index is 11.8. The Morgan fingerprint density at radius 1 is 1.32 bits per heavy atom. The van der Waals surface area contributed by atoms with Gasteiger partial charge in [0, 0.05) is 21.0 Å². The van der Waals surface area contributed by atoms with Crippen LogP contribution in [0.25, 0.3) is 0 Å². The lowest BCUT2D eigenvalue weighted by Gasteiger charge is -2.18. The highest BCUT2D eigenvalue weighted by molar-refractivity contribution is 9.10. The molecule has 1 amide bonds. The van der Waals surface area contributed by atoms with Crippen molar-refractivity contribution in [2.24, 2.45) is 0 Å². The summed E-state index contributed by atoms with van der Waals surface area (Å²) in [6, 6.07) is 6.89. The first-order valence-corrected chi connectivity index (χ1v) is 7.52. The fourth-order valence-electron chi connectivity index (χ4n) is 1.13. The van der Waals surface area contributed by atoms with Gasteiger partial charge in [0.2, 0.25) is 5.91 Å². The fraction of sp³-hybridized carbons (Fsp3) is 0.333. The van der Waals surface area contributed by atoms with Crippen molar-refractivity contribution in [3.8, 4) is 0 Å². The first-order chi connectivity index (χ1) is 8.73. The average Bonchev–Trinajstić information content (AvgIpc) is 2.31. The number of benzene rings is 1. The summed E-state index contributed by atoms with van der Waals surface area (Å²) in [4.78, 5) is 22.6. The second-order valence-corrected chi connectivity index (χ2v) is 7.28. The van der Waals surface area contributed by atoms with Crippen LogP contribution in [-0.4, -0.2) is 31.7 Å². The quantitative estimate of drug-likeness (QED) is 0.853. The molecule has 1 atom stereocenters. The minimum absolute atomic E-state index is 0.352. The third-order valence-electron chi connectivity index (χ3n) is 2.47. The molecule has 0 aliphatic heterocycles. The number of carbonyl (C=O) groups excluding carboxylic acids is 1. The van der Waals surface area contributed by atoms with Gasteiger partial charge >= 0.3 is 5.97 Å². The maximum Gasteiger partial charge on any atom is 0.321 e. The second-order valence-electron chi connectivity index (χ2n) is 4.36. The Kier molecular flexibility index (Phi) is 5.25. The van der Waals surface area contributed by atoms with Crippen molar-refractivity contribution in [1.82, 2.24) is 0 Å². The van der Waals surface area contributed by atoms with Crippen LogP contribution in [0.4, 0.5) is 5.69 Å². The molecule has 2 N–H and O–H groups in total. The van der Waals surface area contributed by atoms with Gasteiger partial charge < -0.3 is 10.4 Å². The lowest BCUT2D eigenvalue weighted by molar-refractivity contribution is -0.139. The Hall–Kier alpha value is -1.21. The molecule has 0 spiro atoms. The van der Waals surface area contributed by atoms with Crippen molar-refractivity contribution >= 4 is 44.3 Å². The Morgan fingerprint density at radius 3 is 2.32 bits per heavy atom. The number of carboxylic acids is 1. The van der Waals surface area contributed by atoms with Gasteiger partial charge in [0.15, 0.2) is 0 Å². The molecule has 0 radical (unpaired) electrons. The summed E-state index contributed by atoms with van der Waals surface area (Å²) in [5.74, 6) is -2.02. The average molecular weight is 348 g/mol. The van der Waals surface area contributed by atoms with Crippen LogP contribution in [0.1, 0.15) is 13.8 Å². The van der Waals surface area contributed by atoms with E-state index in [0.717, 1.165) is 4.47 Å². The van der Waals surface area contributed by atoms with Gasteiger partial charge in [-0.15, -0.1) is 0 Å². The monoisotopic (exact) mass is 347 g/mol. The predicted molar refractivity (Wildman–Crippen MR) is 77.5 cm³/mol. The zero-order valence-electron chi connectivity index (χ0n) is 10.5. The van der Waals surface area contributed by atoms with Crippen molar-refractivity contribution in [1.29, 1.82) is 0 Å². The first kappa shape index (κ1) is 15.8. The summed E-state index contributed by atoms with van der Waals surface area (Å²) >= 11 is 3.27. The number of anilines is 1. The standard InChI is InChI=1S/C12H14BrNO4S/c1-12(2,11(16)17)19(18)7-10(15)14-9-5-3-8(13)4-6-9/h3-6H,7H2,1-2H3,(H,14,15)(H,16,17). The van der Waals surface area contributed by atoms with Gasteiger partial charge in [-0.3, -0.25) is 13.8 Å². The molecule has 5 nitrogen and oxygen atoms in total. The number of nitrogens with one attached hydrogen (secondary N) is 1. The molecule has 0 fully saturated rings. The molecule has 1 unspecified atom stereocenters. The largest absolute Gasteiger partial charge is 0.480 e. The van der Waals surface area contributed by atoms with E-state index in [4.69, 9.17) is 5.11 Å². The van der Waals surface area contributed by atoms with Crippen LogP contribution in [0.3, 0.4) is 0 Å². The smallest absolute Gasteiger partial charge is 0.321 e. The van der Waals surface area contributed by atoms with Crippen LogP contribution in [0.2, 0.25) is 0 Å². The number of halogens is 1. The van der Waals surface area contributed by atoms with Gasteiger partial charge in [-0.25, -0.2) is 0 Å². The van der Waals surface area contributed by atoms with E-state index in [1.807, 2.05) is 0 Å². The number of hydrogen-bond donors (Lipinski definition) is 2. The Balaban J connectivity index is 2.63. The van der Waals surface area contributed by atoms with E-state index < -0.39 is 27.4 Å². The summed E-state index contributed by atoms with van der Waals surface area (Å²) in [5, 5.41) is 11.5. The Labute approximate surface area is 122 Å². The molecule has 1 aromatic rings. The molecule has 0 saturated carbocycles. The normalized spacial score (nSPS) is 12.8. The third-order valence-corrected chi connectivity index (χ3v) is 4.84. The summed E-state index contributed by atoms with van der Waals surface area (Å²) in [6.07, 6.45) is 0. The molecule has 0 aliphatic carbocycles. The molecule has 0 aromatic heterocycles. The van der Waals surface area contributed by atoms with E-state index in [2.05, 4.69) is 21.2 Å². The molecule has 1 rings (SSSR count). The maximum atomic E-state index is 11.8. The number of aliphatic carboxylic acids is 1.